The maximum atomic E-state index is 14.5. The minimum atomic E-state index is -1.46. The minimum Gasteiger partial charge on any atom is -0.460 e. The predicted molar refractivity (Wildman–Crippen MR) is 105 cm³/mol. The SMILES string of the molecule is CC(C)[C@H](N)C(=O)O[C@@H](C)C(=O)OC[C@H]1O[C@@H](n2cnc3c(=O)[nH]c(N)nc32)CC1F. The van der Waals surface area contributed by atoms with E-state index in [0.717, 1.165) is 0 Å². The van der Waals surface area contributed by atoms with Crippen LogP contribution in [-0.2, 0) is 23.8 Å². The Kier molecular flexibility index (Phi) is 6.55. The van der Waals surface area contributed by atoms with E-state index in [1.807, 2.05) is 0 Å². The van der Waals surface area contributed by atoms with E-state index in [-0.39, 0.29) is 29.5 Å². The number of nitrogens with one attached hydrogen (secondary N) is 1. The fourth-order valence-electron chi connectivity index (χ4n) is 3.02. The third-order valence-electron chi connectivity index (χ3n) is 4.93. The van der Waals surface area contributed by atoms with Crippen molar-refractivity contribution in [1.29, 1.82) is 0 Å². The quantitative estimate of drug-likeness (QED) is 0.488. The Morgan fingerprint density at radius 1 is 1.39 bits per heavy atom. The number of nitrogens with two attached hydrogens (primary N) is 2. The standard InChI is InChI=1S/C18H25FN6O6/c1-7(2)12(20)17(28)30-8(3)16(27)29-5-10-9(19)4-11(31-10)25-6-22-13-14(25)23-18(21)24-15(13)26/h6-12H,4-5,20H2,1-3H3,(H3,21,23,24,26)/t8-,9?,10+,11+,12-/m0/s1. The van der Waals surface area contributed by atoms with Crippen LogP contribution < -0.4 is 17.0 Å². The molecule has 170 valence electrons. The largest absolute Gasteiger partial charge is 0.460 e. The molecule has 1 aliphatic rings. The molecule has 5 N–H and O–H groups in total. The summed E-state index contributed by atoms with van der Waals surface area (Å²) in [6.45, 7) is 4.43. The van der Waals surface area contributed by atoms with Crippen molar-refractivity contribution in [3.8, 4) is 0 Å². The third-order valence-corrected chi connectivity index (χ3v) is 4.93. The molecule has 13 heteroatoms. The first-order valence-corrected chi connectivity index (χ1v) is 9.73. The number of nitrogens with zero attached hydrogens (tertiary/aromatic N) is 3. The lowest BCUT2D eigenvalue weighted by Gasteiger charge is -2.19. The lowest BCUT2D eigenvalue weighted by Crippen LogP contribution is -2.40. The van der Waals surface area contributed by atoms with Gasteiger partial charge < -0.3 is 25.7 Å². The summed E-state index contributed by atoms with van der Waals surface area (Å²) in [5.74, 6) is -1.85. The summed E-state index contributed by atoms with van der Waals surface area (Å²) < 4.78 is 31.6. The molecule has 31 heavy (non-hydrogen) atoms. The van der Waals surface area contributed by atoms with E-state index in [1.54, 1.807) is 13.8 Å². The number of hydrogen-bond donors (Lipinski definition) is 3. The maximum Gasteiger partial charge on any atom is 0.347 e. The van der Waals surface area contributed by atoms with Crippen molar-refractivity contribution in [2.45, 2.75) is 57.8 Å². The zero-order valence-electron chi connectivity index (χ0n) is 17.3. The van der Waals surface area contributed by atoms with Crippen molar-refractivity contribution >= 4 is 29.1 Å². The van der Waals surface area contributed by atoms with Crippen LogP contribution in [0.25, 0.3) is 11.2 Å². The number of aromatic amines is 1. The zero-order valence-corrected chi connectivity index (χ0v) is 17.3. The molecule has 2 aromatic rings. The summed E-state index contributed by atoms with van der Waals surface area (Å²) >= 11 is 0. The Bertz CT molecular complexity index is 1020. The predicted octanol–water partition coefficient (Wildman–Crippen LogP) is -0.214. The molecule has 1 aliphatic heterocycles. The number of anilines is 1. The molecule has 0 aliphatic carbocycles. The lowest BCUT2D eigenvalue weighted by molar-refractivity contribution is -0.171. The highest BCUT2D eigenvalue weighted by molar-refractivity contribution is 5.81. The molecular formula is C18H25FN6O6. The molecule has 1 fully saturated rings. The molecule has 1 saturated heterocycles. The van der Waals surface area contributed by atoms with Gasteiger partial charge in [-0.25, -0.2) is 14.2 Å². The number of nitrogen functional groups attached to an aromatic ring is 1. The average molecular weight is 440 g/mol. The molecule has 3 rings (SSSR count). The van der Waals surface area contributed by atoms with Gasteiger partial charge in [0.15, 0.2) is 17.3 Å². The number of fused-ring (bicyclic) bond motifs is 1. The Morgan fingerprint density at radius 2 is 2.10 bits per heavy atom. The van der Waals surface area contributed by atoms with E-state index in [2.05, 4.69) is 15.0 Å². The van der Waals surface area contributed by atoms with Crippen LogP contribution in [0.15, 0.2) is 11.1 Å². The summed E-state index contributed by atoms with van der Waals surface area (Å²) in [7, 11) is 0. The molecule has 0 spiro atoms. The molecule has 1 unspecified atom stereocenters. The second-order valence-electron chi connectivity index (χ2n) is 7.64. The monoisotopic (exact) mass is 440 g/mol. The lowest BCUT2D eigenvalue weighted by atomic mass is 10.1. The number of carbonyl (C=O) groups is 2. The number of alkyl halides is 1. The Balaban J connectivity index is 1.59. The van der Waals surface area contributed by atoms with E-state index in [4.69, 9.17) is 25.7 Å². The summed E-state index contributed by atoms with van der Waals surface area (Å²) in [5, 5.41) is 0. The van der Waals surface area contributed by atoms with Gasteiger partial charge in [-0.3, -0.25) is 19.1 Å². The van der Waals surface area contributed by atoms with Crippen LogP contribution in [0.3, 0.4) is 0 Å². The highest BCUT2D eigenvalue weighted by Gasteiger charge is 2.38. The van der Waals surface area contributed by atoms with Crippen molar-refractivity contribution in [1.82, 2.24) is 19.5 Å². The molecule has 3 heterocycles. The van der Waals surface area contributed by atoms with Crippen molar-refractivity contribution < 1.29 is 28.2 Å². The van der Waals surface area contributed by atoms with Crippen molar-refractivity contribution in [3.63, 3.8) is 0 Å². The van der Waals surface area contributed by atoms with Crippen LogP contribution in [-0.4, -0.2) is 62.5 Å². The van der Waals surface area contributed by atoms with E-state index in [9.17, 15) is 18.8 Å². The van der Waals surface area contributed by atoms with Gasteiger partial charge in [0.1, 0.15) is 31.2 Å². The van der Waals surface area contributed by atoms with Crippen LogP contribution in [0, 0.1) is 5.92 Å². The van der Waals surface area contributed by atoms with Gasteiger partial charge in [0.25, 0.3) is 5.56 Å². The first-order chi connectivity index (χ1) is 14.6. The van der Waals surface area contributed by atoms with Gasteiger partial charge in [-0.2, -0.15) is 4.98 Å². The van der Waals surface area contributed by atoms with E-state index >= 15 is 0 Å². The van der Waals surface area contributed by atoms with Crippen LogP contribution >= 0.6 is 0 Å². The van der Waals surface area contributed by atoms with Gasteiger partial charge >= 0.3 is 11.9 Å². The molecule has 0 saturated carbocycles. The first kappa shape index (κ1) is 22.6. The molecule has 12 nitrogen and oxygen atoms in total. The highest BCUT2D eigenvalue weighted by atomic mass is 19.1. The number of ether oxygens (including phenoxy) is 3. The summed E-state index contributed by atoms with van der Waals surface area (Å²) in [6.07, 6.45) is -3.32. The van der Waals surface area contributed by atoms with Gasteiger partial charge in [-0.1, -0.05) is 13.8 Å². The second-order valence-corrected chi connectivity index (χ2v) is 7.64. The van der Waals surface area contributed by atoms with Crippen LogP contribution in [0.1, 0.15) is 33.4 Å². The van der Waals surface area contributed by atoms with E-state index in [1.165, 1.54) is 17.8 Å². The second kappa shape index (κ2) is 8.98. The van der Waals surface area contributed by atoms with Crippen LogP contribution in [0.4, 0.5) is 10.3 Å². The Labute approximate surface area is 176 Å². The first-order valence-electron chi connectivity index (χ1n) is 9.73. The molecule has 0 bridgehead atoms. The number of hydrogen-bond acceptors (Lipinski definition) is 10. The van der Waals surface area contributed by atoms with Crippen molar-refractivity contribution in [3.05, 3.63) is 16.7 Å². The molecule has 5 atom stereocenters. The average Bonchev–Trinajstić information content (AvgIpc) is 3.28. The normalized spacial score (nSPS) is 23.1. The van der Waals surface area contributed by atoms with Crippen LogP contribution in [0.5, 0.6) is 0 Å². The van der Waals surface area contributed by atoms with Gasteiger partial charge in [0.05, 0.1) is 6.33 Å². The molecule has 0 amide bonds. The number of aromatic nitrogens is 4. The Hall–Kier alpha value is -3.06. The van der Waals surface area contributed by atoms with Gasteiger partial charge in [0.2, 0.25) is 5.95 Å². The number of halogens is 1. The molecule has 0 aromatic carbocycles. The Morgan fingerprint density at radius 3 is 2.77 bits per heavy atom. The maximum absolute atomic E-state index is 14.5. The summed E-state index contributed by atoms with van der Waals surface area (Å²) in [4.78, 5) is 46.1. The summed E-state index contributed by atoms with van der Waals surface area (Å²) in [5.41, 5.74) is 10.9. The summed E-state index contributed by atoms with van der Waals surface area (Å²) in [6, 6.07) is -0.871. The van der Waals surface area contributed by atoms with Gasteiger partial charge in [-0.15, -0.1) is 0 Å². The molecular weight excluding hydrogens is 415 g/mol. The smallest absolute Gasteiger partial charge is 0.347 e. The number of imidazole rings is 1. The van der Waals surface area contributed by atoms with E-state index in [0.29, 0.717) is 0 Å². The highest BCUT2D eigenvalue weighted by Crippen LogP contribution is 2.32. The molecule has 2 aromatic heterocycles. The number of rotatable bonds is 7. The zero-order chi connectivity index (χ0) is 22.9. The number of esters is 2. The van der Waals surface area contributed by atoms with Crippen molar-refractivity contribution in [2.75, 3.05) is 12.3 Å². The van der Waals surface area contributed by atoms with Crippen LogP contribution in [0.2, 0.25) is 0 Å². The number of H-pyrrole nitrogens is 1. The molecule has 0 radical (unpaired) electrons. The van der Waals surface area contributed by atoms with E-state index < -0.39 is 54.8 Å². The van der Waals surface area contributed by atoms with Gasteiger partial charge in [-0.05, 0) is 12.8 Å². The fourth-order valence-corrected chi connectivity index (χ4v) is 3.02. The van der Waals surface area contributed by atoms with Gasteiger partial charge in [0, 0.05) is 6.42 Å². The van der Waals surface area contributed by atoms with Crippen molar-refractivity contribution in [2.24, 2.45) is 11.7 Å². The topological polar surface area (TPSA) is 177 Å². The fraction of sp³-hybridized carbons (Fsp3) is 0.611. The third kappa shape index (κ3) is 4.82. The number of carbonyl (C=O) groups excluding carboxylic acids is 2. The minimum absolute atomic E-state index is 0.0401.